The predicted molar refractivity (Wildman–Crippen MR) is 154 cm³/mol. The number of amides is 1. The van der Waals surface area contributed by atoms with Crippen LogP contribution in [0.3, 0.4) is 0 Å². The van der Waals surface area contributed by atoms with Crippen molar-refractivity contribution in [2.75, 3.05) is 13.1 Å². The molecule has 0 bridgehead atoms. The van der Waals surface area contributed by atoms with Crippen molar-refractivity contribution in [2.24, 2.45) is 11.7 Å². The van der Waals surface area contributed by atoms with Gasteiger partial charge in [0.25, 0.3) is 11.5 Å². The molecule has 0 fully saturated rings. The molecule has 0 saturated heterocycles. The number of carbonyl (C=O) groups is 1. The lowest BCUT2D eigenvalue weighted by atomic mass is 9.95. The number of allylic oxidation sites excluding steroid dienone is 2. The zero-order valence-corrected chi connectivity index (χ0v) is 24.0. The minimum absolute atomic E-state index is 0.0397. The van der Waals surface area contributed by atoms with Crippen molar-refractivity contribution in [2.45, 2.75) is 45.4 Å². The maximum atomic E-state index is 14.0. The van der Waals surface area contributed by atoms with Gasteiger partial charge in [-0.05, 0) is 59.1 Å². The number of fused-ring (bicyclic) bond motifs is 3. The maximum absolute atomic E-state index is 14.0. The van der Waals surface area contributed by atoms with E-state index in [1.54, 1.807) is 20.8 Å². The van der Waals surface area contributed by atoms with Crippen LogP contribution in [-0.2, 0) is 6.54 Å². The number of nitrogens with two attached hydrogens (primary N) is 1. The SMILES string of the molecule is Cc1ccc(C(=O)N(CCN)C(c2nc3c(c(=O)n2Cc2ccc(Br)s2)OC2C=CC=CC32)C(C)C)cc1. The second-order valence-electron chi connectivity index (χ2n) is 10.0. The lowest BCUT2D eigenvalue weighted by Gasteiger charge is -2.35. The number of hydrogen-bond acceptors (Lipinski definition) is 6. The molecule has 1 aromatic carbocycles. The number of ether oxygens (including phenoxy) is 1. The van der Waals surface area contributed by atoms with Gasteiger partial charge < -0.3 is 15.4 Å². The van der Waals surface area contributed by atoms with Gasteiger partial charge in [0.05, 0.1) is 22.3 Å². The monoisotopic (exact) mass is 594 g/mol. The van der Waals surface area contributed by atoms with Gasteiger partial charge in [0.1, 0.15) is 17.6 Å². The van der Waals surface area contributed by atoms with Crippen LogP contribution in [0.4, 0.5) is 0 Å². The second-order valence-corrected chi connectivity index (χ2v) is 12.5. The number of aryl methyl sites for hydroxylation is 1. The third-order valence-electron chi connectivity index (χ3n) is 6.94. The molecule has 38 heavy (non-hydrogen) atoms. The smallest absolute Gasteiger partial charge is 0.296 e. The molecular formula is C29H31BrN4O3S. The highest BCUT2D eigenvalue weighted by Gasteiger charge is 2.40. The number of benzene rings is 1. The first-order valence-electron chi connectivity index (χ1n) is 12.8. The van der Waals surface area contributed by atoms with Crippen LogP contribution < -0.4 is 16.0 Å². The first kappa shape index (κ1) is 26.6. The van der Waals surface area contributed by atoms with Crippen molar-refractivity contribution in [3.63, 3.8) is 0 Å². The van der Waals surface area contributed by atoms with E-state index in [9.17, 15) is 9.59 Å². The van der Waals surface area contributed by atoms with E-state index in [-0.39, 0.29) is 41.7 Å². The predicted octanol–water partition coefficient (Wildman–Crippen LogP) is 5.19. The first-order valence-corrected chi connectivity index (χ1v) is 14.4. The zero-order chi connectivity index (χ0) is 27.0. The van der Waals surface area contributed by atoms with Gasteiger partial charge in [-0.3, -0.25) is 14.2 Å². The van der Waals surface area contributed by atoms with Crippen molar-refractivity contribution in [3.8, 4) is 5.75 Å². The Hall–Kier alpha value is -3.01. The summed E-state index contributed by atoms with van der Waals surface area (Å²) in [6.07, 6.45) is 7.59. The summed E-state index contributed by atoms with van der Waals surface area (Å²) in [6, 6.07) is 11.0. The zero-order valence-electron chi connectivity index (χ0n) is 21.6. The van der Waals surface area contributed by atoms with Gasteiger partial charge in [0.15, 0.2) is 0 Å². The Morgan fingerprint density at radius 1 is 1.18 bits per heavy atom. The molecule has 3 aromatic rings. The number of hydrogen-bond donors (Lipinski definition) is 1. The van der Waals surface area contributed by atoms with E-state index < -0.39 is 6.04 Å². The molecule has 0 saturated carbocycles. The van der Waals surface area contributed by atoms with Crippen LogP contribution >= 0.6 is 27.3 Å². The summed E-state index contributed by atoms with van der Waals surface area (Å²) in [6.45, 7) is 7.03. The molecule has 2 aromatic heterocycles. The van der Waals surface area contributed by atoms with Gasteiger partial charge >= 0.3 is 0 Å². The van der Waals surface area contributed by atoms with E-state index in [2.05, 4.69) is 15.9 Å². The number of thiophene rings is 1. The Morgan fingerprint density at radius 3 is 2.58 bits per heavy atom. The molecule has 1 amide bonds. The minimum atomic E-state index is -0.476. The van der Waals surface area contributed by atoms with E-state index in [0.717, 1.165) is 14.2 Å². The van der Waals surface area contributed by atoms with Crippen LogP contribution in [0.1, 0.15) is 58.1 Å². The molecular weight excluding hydrogens is 564 g/mol. The highest BCUT2D eigenvalue weighted by molar-refractivity contribution is 9.11. The van der Waals surface area contributed by atoms with Crippen LogP contribution in [-0.4, -0.2) is 39.6 Å². The van der Waals surface area contributed by atoms with E-state index in [1.807, 2.05) is 81.5 Å². The Balaban J connectivity index is 1.68. The maximum Gasteiger partial charge on any atom is 0.296 e. The summed E-state index contributed by atoms with van der Waals surface area (Å²) in [7, 11) is 0. The minimum Gasteiger partial charge on any atom is -0.478 e. The van der Waals surface area contributed by atoms with E-state index in [1.165, 1.54) is 0 Å². The third kappa shape index (κ3) is 5.02. The molecule has 3 unspecified atom stereocenters. The quantitative estimate of drug-likeness (QED) is 0.387. The highest BCUT2D eigenvalue weighted by atomic mass is 79.9. The van der Waals surface area contributed by atoms with Crippen molar-refractivity contribution in [1.29, 1.82) is 0 Å². The number of carbonyl (C=O) groups excluding carboxylic acids is 1. The van der Waals surface area contributed by atoms with Gasteiger partial charge in [-0.25, -0.2) is 4.98 Å². The first-order chi connectivity index (χ1) is 18.3. The Kier molecular flexibility index (Phi) is 7.70. The lowest BCUT2D eigenvalue weighted by Crippen LogP contribution is -2.43. The van der Waals surface area contributed by atoms with Gasteiger partial charge in [0, 0.05) is 23.5 Å². The molecule has 1 aliphatic carbocycles. The van der Waals surface area contributed by atoms with Crippen LogP contribution in [0.15, 0.2) is 69.3 Å². The summed E-state index contributed by atoms with van der Waals surface area (Å²) in [5.74, 6) is 0.518. The van der Waals surface area contributed by atoms with Crippen molar-refractivity contribution in [3.05, 3.63) is 102 Å². The van der Waals surface area contributed by atoms with E-state index in [0.29, 0.717) is 30.2 Å². The molecule has 9 heteroatoms. The molecule has 198 valence electrons. The molecule has 0 radical (unpaired) electrons. The van der Waals surface area contributed by atoms with Crippen LogP contribution in [0, 0.1) is 12.8 Å². The van der Waals surface area contributed by atoms with Gasteiger partial charge in [-0.2, -0.15) is 0 Å². The summed E-state index contributed by atoms with van der Waals surface area (Å²) in [5, 5.41) is 0. The average Bonchev–Trinajstić information content (AvgIpc) is 3.49. The third-order valence-corrected chi connectivity index (χ3v) is 8.55. The van der Waals surface area contributed by atoms with Crippen LogP contribution in [0.25, 0.3) is 0 Å². The molecule has 0 spiro atoms. The second kappa shape index (κ2) is 11.0. The summed E-state index contributed by atoms with van der Waals surface area (Å²) >= 11 is 5.09. The van der Waals surface area contributed by atoms with Gasteiger partial charge in [-0.15, -0.1) is 11.3 Å². The molecule has 3 heterocycles. The Labute approximate surface area is 234 Å². The normalized spacial score (nSPS) is 18.3. The van der Waals surface area contributed by atoms with E-state index in [4.69, 9.17) is 15.5 Å². The standard InChI is InChI=1S/C29H31BrN4O3S/c1-17(2)25(33(15-14-31)28(35)19-10-8-18(3)9-11-19)27-32-24-21-6-4-5-7-22(21)37-26(24)29(36)34(27)16-20-12-13-23(30)38-20/h4-13,17,21-22,25H,14-16,31H2,1-3H3. The Morgan fingerprint density at radius 2 is 1.92 bits per heavy atom. The Bertz CT molecular complexity index is 1460. The van der Waals surface area contributed by atoms with Crippen LogP contribution in [0.2, 0.25) is 0 Å². The van der Waals surface area contributed by atoms with E-state index >= 15 is 0 Å². The van der Waals surface area contributed by atoms with Crippen molar-refractivity contribution < 1.29 is 9.53 Å². The largest absolute Gasteiger partial charge is 0.478 e. The lowest BCUT2D eigenvalue weighted by molar-refractivity contribution is 0.0611. The summed E-state index contributed by atoms with van der Waals surface area (Å²) < 4.78 is 8.78. The van der Waals surface area contributed by atoms with Crippen molar-refractivity contribution >= 4 is 33.2 Å². The molecule has 5 rings (SSSR count). The molecule has 2 aliphatic rings. The molecule has 2 N–H and O–H groups in total. The molecule has 1 aliphatic heterocycles. The number of aromatic nitrogens is 2. The fraction of sp³-hybridized carbons (Fsp3) is 0.345. The number of nitrogens with zero attached hydrogens (tertiary/aromatic N) is 3. The number of rotatable bonds is 8. The topological polar surface area (TPSA) is 90.5 Å². The van der Waals surface area contributed by atoms with Crippen molar-refractivity contribution in [1.82, 2.24) is 14.5 Å². The van der Waals surface area contributed by atoms with Crippen LogP contribution in [0.5, 0.6) is 5.75 Å². The fourth-order valence-electron chi connectivity index (χ4n) is 5.13. The number of halogens is 1. The van der Waals surface area contributed by atoms with Gasteiger partial charge in [-0.1, -0.05) is 49.8 Å². The molecule has 3 atom stereocenters. The summed E-state index contributed by atoms with van der Waals surface area (Å²) in [5.41, 5.74) is 8.09. The van der Waals surface area contributed by atoms with Gasteiger partial charge in [0.2, 0.25) is 5.75 Å². The average molecular weight is 596 g/mol. The highest BCUT2D eigenvalue weighted by Crippen LogP contribution is 2.40. The molecule has 7 nitrogen and oxygen atoms in total. The fourth-order valence-corrected chi connectivity index (χ4v) is 6.60. The summed E-state index contributed by atoms with van der Waals surface area (Å²) in [4.78, 5) is 35.8.